The SMILES string of the molecule is CCOc1ncccc1C(=O)NC[C@H](C)N1CCCC1. The fourth-order valence-electron chi connectivity index (χ4n) is 2.46. The lowest BCUT2D eigenvalue weighted by molar-refractivity contribution is 0.0935. The molecule has 1 aliphatic rings. The first-order chi connectivity index (χ1) is 9.72. The molecule has 0 radical (unpaired) electrons. The van der Waals surface area contributed by atoms with E-state index in [1.54, 1.807) is 18.3 Å². The third kappa shape index (κ3) is 3.70. The van der Waals surface area contributed by atoms with E-state index in [0.717, 1.165) is 13.1 Å². The highest BCUT2D eigenvalue weighted by Crippen LogP contribution is 2.14. The highest BCUT2D eigenvalue weighted by molar-refractivity contribution is 5.96. The van der Waals surface area contributed by atoms with Gasteiger partial charge in [-0.15, -0.1) is 0 Å². The predicted octanol–water partition coefficient (Wildman–Crippen LogP) is 1.69. The van der Waals surface area contributed by atoms with Crippen molar-refractivity contribution in [3.8, 4) is 5.88 Å². The van der Waals surface area contributed by atoms with Crippen molar-refractivity contribution in [2.45, 2.75) is 32.7 Å². The molecule has 5 heteroatoms. The number of hydrogen-bond acceptors (Lipinski definition) is 4. The summed E-state index contributed by atoms with van der Waals surface area (Å²) >= 11 is 0. The molecule has 5 nitrogen and oxygen atoms in total. The summed E-state index contributed by atoms with van der Waals surface area (Å²) < 4.78 is 5.38. The Labute approximate surface area is 120 Å². The molecule has 110 valence electrons. The number of nitrogens with zero attached hydrogens (tertiary/aromatic N) is 2. The summed E-state index contributed by atoms with van der Waals surface area (Å²) in [5.41, 5.74) is 0.503. The van der Waals surface area contributed by atoms with Crippen LogP contribution in [0.4, 0.5) is 0 Å². The van der Waals surface area contributed by atoms with E-state index in [4.69, 9.17) is 4.74 Å². The summed E-state index contributed by atoms with van der Waals surface area (Å²) in [4.78, 5) is 18.7. The van der Waals surface area contributed by atoms with Crippen LogP contribution in [0.1, 0.15) is 37.0 Å². The van der Waals surface area contributed by atoms with Crippen molar-refractivity contribution >= 4 is 5.91 Å². The monoisotopic (exact) mass is 277 g/mol. The van der Waals surface area contributed by atoms with Crippen molar-refractivity contribution in [3.05, 3.63) is 23.9 Å². The van der Waals surface area contributed by atoms with Crippen molar-refractivity contribution < 1.29 is 9.53 Å². The maximum absolute atomic E-state index is 12.2. The summed E-state index contributed by atoms with van der Waals surface area (Å²) in [6, 6.07) is 3.86. The molecule has 1 saturated heterocycles. The number of pyridine rings is 1. The average Bonchev–Trinajstić information content (AvgIpc) is 2.99. The van der Waals surface area contributed by atoms with Gasteiger partial charge in [-0.1, -0.05) is 0 Å². The molecule has 0 saturated carbocycles. The molecule has 0 spiro atoms. The molecule has 2 heterocycles. The zero-order valence-electron chi connectivity index (χ0n) is 12.3. The molecule has 1 aromatic heterocycles. The predicted molar refractivity (Wildman–Crippen MR) is 78.0 cm³/mol. The first-order valence-corrected chi connectivity index (χ1v) is 7.32. The maximum atomic E-state index is 12.2. The summed E-state index contributed by atoms with van der Waals surface area (Å²) in [5.74, 6) is 0.286. The molecule has 0 aromatic carbocycles. The largest absolute Gasteiger partial charge is 0.477 e. The van der Waals surface area contributed by atoms with E-state index in [1.165, 1.54) is 12.8 Å². The van der Waals surface area contributed by atoms with Crippen LogP contribution in [-0.4, -0.2) is 48.1 Å². The molecule has 0 aliphatic carbocycles. The van der Waals surface area contributed by atoms with Crippen LogP contribution in [0.5, 0.6) is 5.88 Å². The van der Waals surface area contributed by atoms with Gasteiger partial charge < -0.3 is 10.1 Å². The Morgan fingerprint density at radius 3 is 2.95 bits per heavy atom. The van der Waals surface area contributed by atoms with Gasteiger partial charge in [0.05, 0.1) is 6.61 Å². The van der Waals surface area contributed by atoms with E-state index in [0.29, 0.717) is 30.6 Å². The average molecular weight is 277 g/mol. The fraction of sp³-hybridized carbons (Fsp3) is 0.600. The van der Waals surface area contributed by atoms with Gasteiger partial charge in [0, 0.05) is 18.8 Å². The lowest BCUT2D eigenvalue weighted by atomic mass is 10.2. The molecule has 0 unspecified atom stereocenters. The van der Waals surface area contributed by atoms with Crippen LogP contribution in [0.3, 0.4) is 0 Å². The molecule has 20 heavy (non-hydrogen) atoms. The third-order valence-corrected chi connectivity index (χ3v) is 3.62. The minimum Gasteiger partial charge on any atom is -0.477 e. The number of carbonyl (C=O) groups excluding carboxylic acids is 1. The first kappa shape index (κ1) is 14.8. The molecule has 1 atom stereocenters. The molecule has 1 aliphatic heterocycles. The van der Waals surface area contributed by atoms with Crippen molar-refractivity contribution in [2.75, 3.05) is 26.2 Å². The van der Waals surface area contributed by atoms with Gasteiger partial charge in [-0.05, 0) is 51.9 Å². The number of likely N-dealkylation sites (tertiary alicyclic amines) is 1. The molecule has 1 fully saturated rings. The summed E-state index contributed by atoms with van der Waals surface area (Å²) in [5, 5.41) is 2.97. The Balaban J connectivity index is 1.91. The molecular weight excluding hydrogens is 254 g/mol. The minimum atomic E-state index is -0.118. The van der Waals surface area contributed by atoms with Gasteiger partial charge in [0.25, 0.3) is 5.91 Å². The third-order valence-electron chi connectivity index (χ3n) is 3.62. The molecule has 0 bridgehead atoms. The second-order valence-electron chi connectivity index (χ2n) is 5.09. The Bertz CT molecular complexity index is 444. The lowest BCUT2D eigenvalue weighted by Gasteiger charge is -2.23. The quantitative estimate of drug-likeness (QED) is 0.860. The summed E-state index contributed by atoms with van der Waals surface area (Å²) in [6.45, 7) is 7.45. The van der Waals surface area contributed by atoms with Crippen molar-refractivity contribution in [3.63, 3.8) is 0 Å². The highest BCUT2D eigenvalue weighted by atomic mass is 16.5. The number of hydrogen-bond donors (Lipinski definition) is 1. The Morgan fingerprint density at radius 1 is 1.50 bits per heavy atom. The fourth-order valence-corrected chi connectivity index (χ4v) is 2.46. The topological polar surface area (TPSA) is 54.5 Å². The van der Waals surface area contributed by atoms with Crippen LogP contribution in [0, 0.1) is 0 Å². The number of nitrogens with one attached hydrogen (secondary N) is 1. The second kappa shape index (κ2) is 7.24. The van der Waals surface area contributed by atoms with E-state index in [9.17, 15) is 4.79 Å². The van der Waals surface area contributed by atoms with Gasteiger partial charge in [0.2, 0.25) is 5.88 Å². The van der Waals surface area contributed by atoms with Crippen LogP contribution < -0.4 is 10.1 Å². The Kier molecular flexibility index (Phi) is 5.35. The van der Waals surface area contributed by atoms with Gasteiger partial charge in [0.1, 0.15) is 5.56 Å². The van der Waals surface area contributed by atoms with Gasteiger partial charge in [-0.3, -0.25) is 9.69 Å². The van der Waals surface area contributed by atoms with Crippen LogP contribution >= 0.6 is 0 Å². The summed E-state index contributed by atoms with van der Waals surface area (Å²) in [7, 11) is 0. The number of rotatable bonds is 6. The van der Waals surface area contributed by atoms with E-state index in [-0.39, 0.29) is 5.91 Å². The van der Waals surface area contributed by atoms with Crippen molar-refractivity contribution in [1.82, 2.24) is 15.2 Å². The van der Waals surface area contributed by atoms with E-state index in [2.05, 4.69) is 22.1 Å². The lowest BCUT2D eigenvalue weighted by Crippen LogP contribution is -2.40. The van der Waals surface area contributed by atoms with Gasteiger partial charge in [-0.25, -0.2) is 4.98 Å². The number of amides is 1. The normalized spacial score (nSPS) is 16.9. The van der Waals surface area contributed by atoms with Crippen molar-refractivity contribution in [2.24, 2.45) is 0 Å². The van der Waals surface area contributed by atoms with Crippen LogP contribution in [0.2, 0.25) is 0 Å². The zero-order valence-corrected chi connectivity index (χ0v) is 12.3. The maximum Gasteiger partial charge on any atom is 0.256 e. The van der Waals surface area contributed by atoms with Crippen molar-refractivity contribution in [1.29, 1.82) is 0 Å². The zero-order chi connectivity index (χ0) is 14.4. The van der Waals surface area contributed by atoms with Gasteiger partial charge in [-0.2, -0.15) is 0 Å². The molecule has 1 N–H and O–H groups in total. The molecule has 1 aromatic rings. The van der Waals surface area contributed by atoms with E-state index in [1.807, 2.05) is 6.92 Å². The molecule has 1 amide bonds. The summed E-state index contributed by atoms with van der Waals surface area (Å²) in [6.07, 6.45) is 4.15. The Morgan fingerprint density at radius 2 is 2.25 bits per heavy atom. The molecular formula is C15H23N3O2. The smallest absolute Gasteiger partial charge is 0.256 e. The van der Waals surface area contributed by atoms with Gasteiger partial charge >= 0.3 is 0 Å². The minimum absolute atomic E-state index is 0.118. The number of ether oxygens (including phenoxy) is 1. The van der Waals surface area contributed by atoms with Crippen LogP contribution in [-0.2, 0) is 0 Å². The number of aromatic nitrogens is 1. The van der Waals surface area contributed by atoms with Crippen LogP contribution in [0.15, 0.2) is 18.3 Å². The standard InChI is InChI=1S/C15H23N3O2/c1-3-20-15-13(7-6-8-16-15)14(19)17-11-12(2)18-9-4-5-10-18/h6-8,12H,3-5,9-11H2,1-2H3,(H,17,19)/t12-/m0/s1. The van der Waals surface area contributed by atoms with Crippen LogP contribution in [0.25, 0.3) is 0 Å². The Hall–Kier alpha value is -1.62. The van der Waals surface area contributed by atoms with E-state index >= 15 is 0 Å². The first-order valence-electron chi connectivity index (χ1n) is 7.32. The molecule has 2 rings (SSSR count). The second-order valence-corrected chi connectivity index (χ2v) is 5.09. The number of carbonyl (C=O) groups is 1. The highest BCUT2D eigenvalue weighted by Gasteiger charge is 2.19. The van der Waals surface area contributed by atoms with E-state index < -0.39 is 0 Å². The van der Waals surface area contributed by atoms with Gasteiger partial charge in [0.15, 0.2) is 0 Å².